The molecule has 0 radical (unpaired) electrons. The molecule has 0 aromatic heterocycles. The van der Waals surface area contributed by atoms with Gasteiger partial charge in [0.05, 0.1) is 12.5 Å². The minimum Gasteiger partial charge on any atom is -0.479 e. The molecule has 6 atom stereocenters. The minimum absolute atomic E-state index is 0.0372. The highest BCUT2D eigenvalue weighted by atomic mass is 16.6. The molecule has 27 heavy (non-hydrogen) atoms. The molecule has 4 aliphatic rings. The van der Waals surface area contributed by atoms with Gasteiger partial charge >= 0.3 is 11.9 Å². The van der Waals surface area contributed by atoms with E-state index in [1.165, 1.54) is 6.08 Å². The van der Waals surface area contributed by atoms with Crippen LogP contribution in [0.25, 0.3) is 0 Å². The first kappa shape index (κ1) is 17.9. The van der Waals surface area contributed by atoms with E-state index in [1.54, 1.807) is 13.8 Å². The van der Waals surface area contributed by atoms with Crippen molar-refractivity contribution in [3.8, 4) is 0 Å². The van der Waals surface area contributed by atoms with E-state index in [-0.39, 0.29) is 35.7 Å². The number of hydrogen-bond acceptors (Lipinski definition) is 8. The second kappa shape index (κ2) is 5.53. The van der Waals surface area contributed by atoms with Gasteiger partial charge in [0.15, 0.2) is 11.2 Å². The highest BCUT2D eigenvalue weighted by Gasteiger charge is 2.57. The van der Waals surface area contributed by atoms with E-state index < -0.39 is 47.4 Å². The molecule has 1 N–H and O–H groups in total. The third kappa shape index (κ3) is 2.62. The van der Waals surface area contributed by atoms with Crippen LogP contribution in [0, 0.1) is 5.92 Å². The lowest BCUT2D eigenvalue weighted by atomic mass is 9.80. The number of ether oxygens (including phenoxy) is 4. The Morgan fingerprint density at radius 1 is 1.30 bits per heavy atom. The first-order chi connectivity index (χ1) is 12.6. The third-order valence-electron chi connectivity index (χ3n) is 5.62. The highest BCUT2D eigenvalue weighted by Crippen LogP contribution is 2.44. The maximum Gasteiger partial charge on any atom is 0.340 e. The Labute approximate surface area is 155 Å². The number of hydrogen-bond donors (Lipinski definition) is 1. The van der Waals surface area contributed by atoms with E-state index in [0.29, 0.717) is 0 Å². The van der Waals surface area contributed by atoms with Crippen molar-refractivity contribution in [1.29, 1.82) is 0 Å². The number of carbonyl (C=O) groups excluding carboxylic acids is 3. The minimum atomic E-state index is -1.34. The predicted octanol–water partition coefficient (Wildman–Crippen LogP) is 0.348. The number of aliphatic hydroxyl groups excluding tert-OH is 1. The summed E-state index contributed by atoms with van der Waals surface area (Å²) in [6, 6.07) is 0. The number of ketones is 1. The third-order valence-corrected chi connectivity index (χ3v) is 5.62. The summed E-state index contributed by atoms with van der Waals surface area (Å²) in [5.41, 5.74) is -2.19. The Bertz CT molecular complexity index is 820. The summed E-state index contributed by atoms with van der Waals surface area (Å²) in [6.45, 7) is 10.9. The van der Waals surface area contributed by atoms with Gasteiger partial charge in [0.25, 0.3) is 0 Å². The van der Waals surface area contributed by atoms with Gasteiger partial charge in [0.2, 0.25) is 5.78 Å². The fourth-order valence-corrected chi connectivity index (χ4v) is 3.66. The van der Waals surface area contributed by atoms with E-state index in [4.69, 9.17) is 18.9 Å². The maximum absolute atomic E-state index is 12.5. The largest absolute Gasteiger partial charge is 0.479 e. The molecule has 4 heterocycles. The number of esters is 2. The molecular weight excluding hydrogens is 356 g/mol. The molecule has 0 amide bonds. The summed E-state index contributed by atoms with van der Waals surface area (Å²) in [5.74, 6) is -2.36. The van der Waals surface area contributed by atoms with Gasteiger partial charge in [0.1, 0.15) is 24.1 Å². The molecule has 8 nitrogen and oxygen atoms in total. The molecule has 2 bridgehead atoms. The Morgan fingerprint density at radius 2 is 1.96 bits per heavy atom. The average Bonchev–Trinajstić information content (AvgIpc) is 3.19. The fraction of sp³-hybridized carbons (Fsp3) is 0.526. The standard InChI is InChI=1S/C19H20O8/c1-8-10-5-12(20)18(3,27-10)6-11(25-17(23)19(4)7-24-19)13-9(2)16(22)26-15(13)14(8)21/h5,11,13-15,21H,1-2,6-7H2,3-4H3. The SMILES string of the molecule is C=C1C2=CC(=O)C(C)(CC(OC(=O)C3(C)CO3)C3C(=C)C(=O)OC3C1O)O2. The van der Waals surface area contributed by atoms with Gasteiger partial charge in [-0.3, -0.25) is 4.79 Å². The Kier molecular flexibility index (Phi) is 3.67. The molecule has 0 saturated carbocycles. The number of epoxide rings is 1. The molecule has 0 aromatic carbocycles. The number of rotatable bonds is 2. The van der Waals surface area contributed by atoms with E-state index in [1.807, 2.05) is 0 Å². The van der Waals surface area contributed by atoms with E-state index >= 15 is 0 Å². The summed E-state index contributed by atoms with van der Waals surface area (Å²) in [4.78, 5) is 37.1. The number of fused-ring (bicyclic) bond motifs is 3. The summed E-state index contributed by atoms with van der Waals surface area (Å²) in [7, 11) is 0. The average molecular weight is 376 g/mol. The van der Waals surface area contributed by atoms with E-state index in [9.17, 15) is 19.5 Å². The predicted molar refractivity (Wildman–Crippen MR) is 89.1 cm³/mol. The van der Waals surface area contributed by atoms with Crippen LogP contribution in [0.1, 0.15) is 20.3 Å². The van der Waals surface area contributed by atoms with Gasteiger partial charge in [-0.25, -0.2) is 9.59 Å². The Morgan fingerprint density at radius 3 is 2.59 bits per heavy atom. The lowest BCUT2D eigenvalue weighted by molar-refractivity contribution is -0.164. The van der Waals surface area contributed by atoms with Gasteiger partial charge in [-0.05, 0) is 13.8 Å². The second-order valence-corrected chi connectivity index (χ2v) is 7.76. The van der Waals surface area contributed by atoms with Crippen molar-refractivity contribution in [3.63, 3.8) is 0 Å². The zero-order chi connectivity index (χ0) is 19.7. The Balaban J connectivity index is 1.76. The van der Waals surface area contributed by atoms with Crippen molar-refractivity contribution < 1.29 is 38.4 Å². The van der Waals surface area contributed by atoms with Gasteiger partial charge in [-0.1, -0.05) is 13.2 Å². The van der Waals surface area contributed by atoms with Gasteiger partial charge in [-0.15, -0.1) is 0 Å². The van der Waals surface area contributed by atoms with Crippen molar-refractivity contribution in [2.45, 2.75) is 49.8 Å². The van der Waals surface area contributed by atoms with Crippen molar-refractivity contribution >= 4 is 17.7 Å². The zero-order valence-corrected chi connectivity index (χ0v) is 15.0. The molecule has 3 fully saturated rings. The van der Waals surface area contributed by atoms with Crippen LogP contribution in [0.2, 0.25) is 0 Å². The van der Waals surface area contributed by atoms with Crippen LogP contribution in [-0.2, 0) is 33.3 Å². The van der Waals surface area contributed by atoms with Crippen molar-refractivity contribution in [2.75, 3.05) is 6.61 Å². The molecule has 3 saturated heterocycles. The zero-order valence-electron chi connectivity index (χ0n) is 15.0. The normalized spacial score (nSPS) is 43.0. The molecule has 4 aliphatic heterocycles. The van der Waals surface area contributed by atoms with E-state index in [2.05, 4.69) is 13.2 Å². The Hall–Kier alpha value is -2.45. The summed E-state index contributed by atoms with van der Waals surface area (Å²) < 4.78 is 21.8. The van der Waals surface area contributed by atoms with Crippen LogP contribution in [0.3, 0.4) is 0 Å². The molecule has 6 unspecified atom stereocenters. The molecule has 8 heteroatoms. The second-order valence-electron chi connectivity index (χ2n) is 7.76. The molecule has 144 valence electrons. The number of aliphatic hydroxyl groups is 1. The van der Waals surface area contributed by atoms with Crippen molar-refractivity contribution in [1.82, 2.24) is 0 Å². The van der Waals surface area contributed by atoms with E-state index in [0.717, 1.165) is 0 Å². The monoisotopic (exact) mass is 376 g/mol. The smallest absolute Gasteiger partial charge is 0.340 e. The quantitative estimate of drug-likeness (QED) is 0.417. The highest BCUT2D eigenvalue weighted by molar-refractivity contribution is 6.00. The van der Waals surface area contributed by atoms with Crippen LogP contribution in [0.4, 0.5) is 0 Å². The lowest BCUT2D eigenvalue weighted by Gasteiger charge is -2.32. The van der Waals surface area contributed by atoms with Gasteiger partial charge in [0, 0.05) is 23.6 Å². The first-order valence-corrected chi connectivity index (χ1v) is 8.63. The van der Waals surface area contributed by atoms with Crippen LogP contribution in [0.15, 0.2) is 36.1 Å². The molecule has 0 aliphatic carbocycles. The van der Waals surface area contributed by atoms with Gasteiger partial charge in [-0.2, -0.15) is 0 Å². The summed E-state index contributed by atoms with van der Waals surface area (Å²) in [5, 5.41) is 10.7. The molecule has 0 aromatic rings. The summed E-state index contributed by atoms with van der Waals surface area (Å²) >= 11 is 0. The van der Waals surface area contributed by atoms with Gasteiger partial charge < -0.3 is 24.1 Å². The number of carbonyl (C=O) groups is 3. The summed E-state index contributed by atoms with van der Waals surface area (Å²) in [6.07, 6.45) is -2.16. The van der Waals surface area contributed by atoms with Crippen LogP contribution >= 0.6 is 0 Å². The van der Waals surface area contributed by atoms with Crippen LogP contribution < -0.4 is 0 Å². The first-order valence-electron chi connectivity index (χ1n) is 8.63. The van der Waals surface area contributed by atoms with Crippen LogP contribution in [0.5, 0.6) is 0 Å². The topological polar surface area (TPSA) is 112 Å². The molecular formula is C19H20O8. The van der Waals surface area contributed by atoms with Crippen molar-refractivity contribution in [2.24, 2.45) is 5.92 Å². The molecule has 4 rings (SSSR count). The maximum atomic E-state index is 12.5. The fourth-order valence-electron chi connectivity index (χ4n) is 3.66. The van der Waals surface area contributed by atoms with Crippen LogP contribution in [-0.4, -0.2) is 58.9 Å². The molecule has 0 spiro atoms. The lowest BCUT2D eigenvalue weighted by Crippen LogP contribution is -2.46. The van der Waals surface area contributed by atoms with Crippen molar-refractivity contribution in [3.05, 3.63) is 36.1 Å².